The zero-order valence-electron chi connectivity index (χ0n) is 12.7. The van der Waals surface area contributed by atoms with E-state index in [1.807, 2.05) is 23.5 Å². The highest BCUT2D eigenvalue weighted by molar-refractivity contribution is 8.07. The van der Waals surface area contributed by atoms with Crippen LogP contribution in [0.4, 0.5) is 0 Å². The molecule has 0 saturated carbocycles. The molecule has 3 atom stereocenters. The molecule has 1 aromatic rings. The predicted octanol–water partition coefficient (Wildman–Crippen LogP) is 2.16. The SMILES string of the molecule is CC1SCC(c2noc(CN3CCCNCC3)n2)SC1C. The van der Waals surface area contributed by atoms with Crippen molar-refractivity contribution in [3.8, 4) is 0 Å². The molecule has 0 bridgehead atoms. The van der Waals surface area contributed by atoms with Gasteiger partial charge in [0.15, 0.2) is 5.82 Å². The fourth-order valence-corrected chi connectivity index (χ4v) is 5.47. The molecule has 2 fully saturated rings. The van der Waals surface area contributed by atoms with Gasteiger partial charge in [0.05, 0.1) is 11.8 Å². The van der Waals surface area contributed by atoms with Gasteiger partial charge in [-0.3, -0.25) is 4.90 Å². The lowest BCUT2D eigenvalue weighted by molar-refractivity contribution is 0.238. The maximum atomic E-state index is 5.48. The molecule has 2 aliphatic rings. The Morgan fingerprint density at radius 1 is 1.29 bits per heavy atom. The molecular weight excluding hydrogens is 304 g/mol. The molecule has 1 N–H and O–H groups in total. The summed E-state index contributed by atoms with van der Waals surface area (Å²) in [6.45, 7) is 9.69. The van der Waals surface area contributed by atoms with Gasteiger partial charge in [-0.25, -0.2) is 0 Å². The molecule has 2 aliphatic heterocycles. The summed E-state index contributed by atoms with van der Waals surface area (Å²) >= 11 is 4.00. The van der Waals surface area contributed by atoms with Crippen molar-refractivity contribution in [1.29, 1.82) is 0 Å². The molecule has 3 rings (SSSR count). The Morgan fingerprint density at radius 3 is 3.05 bits per heavy atom. The topological polar surface area (TPSA) is 54.2 Å². The summed E-state index contributed by atoms with van der Waals surface area (Å²) in [7, 11) is 0. The summed E-state index contributed by atoms with van der Waals surface area (Å²) in [5.41, 5.74) is 0. The van der Waals surface area contributed by atoms with Crippen LogP contribution in [0.5, 0.6) is 0 Å². The van der Waals surface area contributed by atoms with E-state index in [9.17, 15) is 0 Å². The highest BCUT2D eigenvalue weighted by Gasteiger charge is 2.30. The molecule has 21 heavy (non-hydrogen) atoms. The summed E-state index contributed by atoms with van der Waals surface area (Å²) in [6, 6.07) is 0. The molecule has 0 spiro atoms. The Hall–Kier alpha value is -0.240. The van der Waals surface area contributed by atoms with E-state index in [0.29, 0.717) is 15.7 Å². The summed E-state index contributed by atoms with van der Waals surface area (Å²) < 4.78 is 5.48. The molecule has 3 heterocycles. The summed E-state index contributed by atoms with van der Waals surface area (Å²) in [4.78, 5) is 7.04. The Kier molecular flexibility index (Phi) is 5.48. The van der Waals surface area contributed by atoms with E-state index in [2.05, 4.69) is 34.2 Å². The minimum Gasteiger partial charge on any atom is -0.338 e. The van der Waals surface area contributed by atoms with Crippen LogP contribution in [0.1, 0.15) is 37.2 Å². The smallest absolute Gasteiger partial charge is 0.240 e. The minimum absolute atomic E-state index is 0.379. The second-order valence-corrected chi connectivity index (χ2v) is 8.79. The van der Waals surface area contributed by atoms with E-state index in [4.69, 9.17) is 4.52 Å². The van der Waals surface area contributed by atoms with Crippen molar-refractivity contribution in [2.45, 2.75) is 42.6 Å². The van der Waals surface area contributed by atoms with Gasteiger partial charge >= 0.3 is 0 Å². The number of nitrogens with zero attached hydrogens (tertiary/aromatic N) is 3. The van der Waals surface area contributed by atoms with E-state index in [1.54, 1.807) is 0 Å². The lowest BCUT2D eigenvalue weighted by Crippen LogP contribution is -2.27. The first-order chi connectivity index (χ1) is 10.2. The average molecular weight is 329 g/mol. The van der Waals surface area contributed by atoms with E-state index in [1.165, 1.54) is 6.42 Å². The molecule has 7 heteroatoms. The van der Waals surface area contributed by atoms with Crippen LogP contribution in [0, 0.1) is 0 Å². The van der Waals surface area contributed by atoms with Crippen molar-refractivity contribution in [2.75, 3.05) is 31.9 Å². The Bertz CT molecular complexity index is 448. The van der Waals surface area contributed by atoms with Crippen molar-refractivity contribution in [1.82, 2.24) is 20.4 Å². The van der Waals surface area contributed by atoms with E-state index < -0.39 is 0 Å². The van der Waals surface area contributed by atoms with Crippen molar-refractivity contribution in [3.05, 3.63) is 11.7 Å². The van der Waals surface area contributed by atoms with Crippen LogP contribution in [0.2, 0.25) is 0 Å². The number of nitrogens with one attached hydrogen (secondary N) is 1. The normalized spacial score (nSPS) is 32.0. The highest BCUT2D eigenvalue weighted by Crippen LogP contribution is 2.43. The zero-order chi connectivity index (χ0) is 14.7. The summed E-state index contributed by atoms with van der Waals surface area (Å²) in [6.07, 6.45) is 1.19. The second-order valence-electron chi connectivity index (χ2n) is 5.79. The largest absolute Gasteiger partial charge is 0.338 e. The Balaban J connectivity index is 1.58. The maximum Gasteiger partial charge on any atom is 0.240 e. The highest BCUT2D eigenvalue weighted by atomic mass is 32.2. The molecule has 5 nitrogen and oxygen atoms in total. The van der Waals surface area contributed by atoms with Gasteiger partial charge in [-0.05, 0) is 19.5 Å². The van der Waals surface area contributed by atoms with Crippen LogP contribution in [0.3, 0.4) is 0 Å². The standard InChI is InChI=1S/C14H24N4OS2/c1-10-11(2)21-12(9-20-10)14-16-13(19-17-14)8-18-6-3-4-15-5-7-18/h10-12,15H,3-9H2,1-2H3. The molecule has 0 radical (unpaired) electrons. The average Bonchev–Trinajstić information content (AvgIpc) is 2.78. The minimum atomic E-state index is 0.379. The number of thioether (sulfide) groups is 2. The lowest BCUT2D eigenvalue weighted by atomic mass is 10.3. The second kappa shape index (κ2) is 7.35. The van der Waals surface area contributed by atoms with Gasteiger partial charge in [-0.2, -0.15) is 16.7 Å². The van der Waals surface area contributed by atoms with Gasteiger partial charge in [0.1, 0.15) is 0 Å². The first kappa shape index (κ1) is 15.6. The summed E-state index contributed by atoms with van der Waals surface area (Å²) in [5.74, 6) is 2.74. The number of rotatable bonds is 3. The van der Waals surface area contributed by atoms with Crippen LogP contribution in [-0.2, 0) is 6.54 Å². The van der Waals surface area contributed by atoms with E-state index in [-0.39, 0.29) is 0 Å². The van der Waals surface area contributed by atoms with Gasteiger partial charge in [0.2, 0.25) is 5.89 Å². The van der Waals surface area contributed by atoms with Crippen LogP contribution in [-0.4, -0.2) is 57.5 Å². The van der Waals surface area contributed by atoms with Crippen LogP contribution < -0.4 is 5.32 Å². The zero-order valence-corrected chi connectivity index (χ0v) is 14.4. The third kappa shape index (κ3) is 4.15. The molecule has 0 aromatic carbocycles. The van der Waals surface area contributed by atoms with E-state index >= 15 is 0 Å². The van der Waals surface area contributed by atoms with Crippen molar-refractivity contribution < 1.29 is 4.52 Å². The Morgan fingerprint density at radius 2 is 2.19 bits per heavy atom. The molecule has 2 saturated heterocycles. The third-order valence-corrected chi connectivity index (χ3v) is 7.50. The van der Waals surface area contributed by atoms with Gasteiger partial charge < -0.3 is 9.84 Å². The third-order valence-electron chi connectivity index (χ3n) is 4.11. The molecular formula is C14H24N4OS2. The van der Waals surface area contributed by atoms with Crippen LogP contribution in [0.25, 0.3) is 0 Å². The van der Waals surface area contributed by atoms with Gasteiger partial charge in [0, 0.05) is 29.3 Å². The molecule has 0 aliphatic carbocycles. The summed E-state index contributed by atoms with van der Waals surface area (Å²) in [5, 5.41) is 9.38. The van der Waals surface area contributed by atoms with Crippen LogP contribution in [0.15, 0.2) is 4.52 Å². The Labute approximate surface area is 135 Å². The molecule has 3 unspecified atom stereocenters. The lowest BCUT2D eigenvalue weighted by Gasteiger charge is -2.29. The number of hydrogen-bond acceptors (Lipinski definition) is 7. The molecule has 1 aromatic heterocycles. The van der Waals surface area contributed by atoms with Crippen LogP contribution >= 0.6 is 23.5 Å². The van der Waals surface area contributed by atoms with E-state index in [0.717, 1.165) is 50.2 Å². The molecule has 118 valence electrons. The first-order valence-corrected chi connectivity index (χ1v) is 9.74. The quantitative estimate of drug-likeness (QED) is 0.912. The fraction of sp³-hybridized carbons (Fsp3) is 0.857. The van der Waals surface area contributed by atoms with Crippen molar-refractivity contribution in [3.63, 3.8) is 0 Å². The van der Waals surface area contributed by atoms with Gasteiger partial charge in [-0.15, -0.1) is 11.8 Å². The maximum absolute atomic E-state index is 5.48. The number of aromatic nitrogens is 2. The fourth-order valence-electron chi connectivity index (χ4n) is 2.63. The number of hydrogen-bond donors (Lipinski definition) is 1. The van der Waals surface area contributed by atoms with Crippen molar-refractivity contribution >= 4 is 23.5 Å². The predicted molar refractivity (Wildman–Crippen MR) is 88.8 cm³/mol. The van der Waals surface area contributed by atoms with Gasteiger partial charge in [-0.1, -0.05) is 19.0 Å². The monoisotopic (exact) mass is 328 g/mol. The molecule has 0 amide bonds. The van der Waals surface area contributed by atoms with Gasteiger partial charge in [0.25, 0.3) is 0 Å². The van der Waals surface area contributed by atoms with Crippen molar-refractivity contribution in [2.24, 2.45) is 0 Å². The first-order valence-electron chi connectivity index (χ1n) is 7.75.